The van der Waals surface area contributed by atoms with Crippen molar-refractivity contribution in [2.75, 3.05) is 11.1 Å². The van der Waals surface area contributed by atoms with Crippen molar-refractivity contribution in [3.05, 3.63) is 75.7 Å². The lowest BCUT2D eigenvalue weighted by Crippen LogP contribution is -2.15. The van der Waals surface area contributed by atoms with Crippen molar-refractivity contribution < 1.29 is 4.79 Å². The SMILES string of the molecule is Cc1cc(C)c(-n2c(SCC(=O)Nc3ccc(C)c(C)c3)nnc2-c2cc3sccc3n2C)c(C)c1. The molecular weight excluding hydrogens is 486 g/mol. The number of amides is 1. The lowest BCUT2D eigenvalue weighted by Gasteiger charge is -2.17. The molecule has 2 aromatic carbocycles. The molecule has 0 saturated heterocycles. The molecule has 5 rings (SSSR count). The topological polar surface area (TPSA) is 64.7 Å². The second kappa shape index (κ2) is 9.59. The van der Waals surface area contributed by atoms with Crippen LogP contribution in [0.5, 0.6) is 0 Å². The van der Waals surface area contributed by atoms with E-state index in [1.54, 1.807) is 11.3 Å². The highest BCUT2D eigenvalue weighted by molar-refractivity contribution is 7.99. The van der Waals surface area contributed by atoms with Gasteiger partial charge in [-0.1, -0.05) is 35.5 Å². The Morgan fingerprint density at radius 3 is 2.39 bits per heavy atom. The number of fused-ring (bicyclic) bond motifs is 1. The van der Waals surface area contributed by atoms with Gasteiger partial charge in [0.1, 0.15) is 0 Å². The van der Waals surface area contributed by atoms with E-state index in [0.29, 0.717) is 5.16 Å². The van der Waals surface area contributed by atoms with E-state index in [-0.39, 0.29) is 11.7 Å². The van der Waals surface area contributed by atoms with E-state index in [1.807, 2.05) is 25.1 Å². The molecule has 8 heteroatoms. The summed E-state index contributed by atoms with van der Waals surface area (Å²) in [6, 6.07) is 14.6. The Morgan fingerprint density at radius 1 is 0.944 bits per heavy atom. The summed E-state index contributed by atoms with van der Waals surface area (Å²) >= 11 is 3.11. The van der Waals surface area contributed by atoms with E-state index < -0.39 is 0 Å². The second-order valence-electron chi connectivity index (χ2n) is 9.28. The maximum absolute atomic E-state index is 12.8. The van der Waals surface area contributed by atoms with Crippen molar-refractivity contribution in [3.63, 3.8) is 0 Å². The molecule has 0 aliphatic rings. The van der Waals surface area contributed by atoms with Crippen LogP contribution in [0.3, 0.4) is 0 Å². The monoisotopic (exact) mass is 515 g/mol. The molecule has 1 amide bonds. The summed E-state index contributed by atoms with van der Waals surface area (Å²) in [6.45, 7) is 10.4. The number of hydrogen-bond acceptors (Lipinski definition) is 5. The number of benzene rings is 2. The molecule has 0 atom stereocenters. The molecular formula is C28H29N5OS2. The molecule has 0 fully saturated rings. The Kier molecular flexibility index (Phi) is 6.49. The molecule has 0 radical (unpaired) electrons. The van der Waals surface area contributed by atoms with Gasteiger partial charge in [-0.15, -0.1) is 21.5 Å². The zero-order valence-electron chi connectivity index (χ0n) is 21.3. The standard InChI is InChI=1S/C28H29N5OS2/c1-16-11-19(4)26(20(5)12-16)33-27(23-14-24-22(32(23)6)9-10-35-24)30-31-28(33)36-15-25(34)29-21-8-7-17(2)18(3)13-21/h7-14H,15H2,1-6H3,(H,29,34). The van der Waals surface area contributed by atoms with Crippen LogP contribution >= 0.6 is 23.1 Å². The molecule has 3 heterocycles. The molecule has 184 valence electrons. The molecule has 6 nitrogen and oxygen atoms in total. The highest BCUT2D eigenvalue weighted by Gasteiger charge is 2.23. The second-order valence-corrected chi connectivity index (χ2v) is 11.2. The molecule has 0 unspecified atom stereocenters. The number of thiophene rings is 1. The Hall–Kier alpha value is -3.36. The van der Waals surface area contributed by atoms with Gasteiger partial charge in [0.2, 0.25) is 5.91 Å². The van der Waals surface area contributed by atoms with Gasteiger partial charge < -0.3 is 9.88 Å². The van der Waals surface area contributed by atoms with Crippen LogP contribution in [-0.2, 0) is 11.8 Å². The van der Waals surface area contributed by atoms with Crippen LogP contribution in [0, 0.1) is 34.6 Å². The van der Waals surface area contributed by atoms with E-state index >= 15 is 0 Å². The first-order chi connectivity index (χ1) is 17.2. The smallest absolute Gasteiger partial charge is 0.234 e. The van der Waals surface area contributed by atoms with Gasteiger partial charge >= 0.3 is 0 Å². The first-order valence-electron chi connectivity index (χ1n) is 11.8. The Labute approximate surface area is 219 Å². The van der Waals surface area contributed by atoms with Gasteiger partial charge in [0.05, 0.1) is 27.4 Å². The summed E-state index contributed by atoms with van der Waals surface area (Å²) in [7, 11) is 2.06. The largest absolute Gasteiger partial charge is 0.340 e. The van der Waals surface area contributed by atoms with Crippen LogP contribution in [-0.4, -0.2) is 31.0 Å². The van der Waals surface area contributed by atoms with E-state index in [2.05, 4.69) is 89.0 Å². The molecule has 1 N–H and O–H groups in total. The maximum atomic E-state index is 12.8. The third-order valence-electron chi connectivity index (χ3n) is 6.51. The van der Waals surface area contributed by atoms with E-state index in [4.69, 9.17) is 0 Å². The van der Waals surface area contributed by atoms with E-state index in [0.717, 1.165) is 39.6 Å². The number of anilines is 1. The molecule has 0 aliphatic carbocycles. The predicted molar refractivity (Wildman–Crippen MR) is 151 cm³/mol. The van der Waals surface area contributed by atoms with Gasteiger partial charge in [0.15, 0.2) is 11.0 Å². The zero-order chi connectivity index (χ0) is 25.6. The van der Waals surface area contributed by atoms with Crippen LogP contribution in [0.25, 0.3) is 27.4 Å². The number of carbonyl (C=O) groups excluding carboxylic acids is 1. The molecule has 0 bridgehead atoms. The minimum absolute atomic E-state index is 0.0731. The summed E-state index contributed by atoms with van der Waals surface area (Å²) in [5.74, 6) is 0.932. The van der Waals surface area contributed by atoms with Crippen LogP contribution in [0.1, 0.15) is 27.8 Å². The first kappa shape index (κ1) is 24.3. The number of aryl methyl sites for hydroxylation is 6. The van der Waals surface area contributed by atoms with Crippen molar-refractivity contribution in [3.8, 4) is 17.2 Å². The number of nitrogens with one attached hydrogen (secondary N) is 1. The third kappa shape index (κ3) is 4.47. The Balaban J connectivity index is 1.52. The van der Waals surface area contributed by atoms with E-state index in [9.17, 15) is 4.79 Å². The summed E-state index contributed by atoms with van der Waals surface area (Å²) < 4.78 is 5.48. The normalized spacial score (nSPS) is 11.4. The Morgan fingerprint density at radius 2 is 1.69 bits per heavy atom. The van der Waals surface area contributed by atoms with Crippen molar-refractivity contribution in [1.82, 2.24) is 19.3 Å². The van der Waals surface area contributed by atoms with Gasteiger partial charge in [-0.3, -0.25) is 9.36 Å². The van der Waals surface area contributed by atoms with Crippen LogP contribution < -0.4 is 5.32 Å². The fourth-order valence-corrected chi connectivity index (χ4v) is 6.25. The molecule has 0 spiro atoms. The lowest BCUT2D eigenvalue weighted by molar-refractivity contribution is -0.113. The summed E-state index contributed by atoms with van der Waals surface area (Å²) in [5, 5.41) is 15.0. The number of thioether (sulfide) groups is 1. The number of hydrogen-bond donors (Lipinski definition) is 1. The summed E-state index contributed by atoms with van der Waals surface area (Å²) in [4.78, 5) is 12.8. The summed E-state index contributed by atoms with van der Waals surface area (Å²) in [6.07, 6.45) is 0. The maximum Gasteiger partial charge on any atom is 0.234 e. The number of aromatic nitrogens is 4. The molecule has 36 heavy (non-hydrogen) atoms. The molecule has 3 aromatic heterocycles. The molecule has 5 aromatic rings. The van der Waals surface area contributed by atoms with Gasteiger partial charge in [0, 0.05) is 12.7 Å². The number of nitrogens with zero attached hydrogens (tertiary/aromatic N) is 4. The predicted octanol–water partition coefficient (Wildman–Crippen LogP) is 6.76. The van der Waals surface area contributed by atoms with Crippen molar-refractivity contribution >= 4 is 44.9 Å². The van der Waals surface area contributed by atoms with Crippen LogP contribution in [0.2, 0.25) is 0 Å². The molecule has 0 saturated carbocycles. The highest BCUT2D eigenvalue weighted by Crippen LogP contribution is 2.35. The minimum atomic E-state index is -0.0731. The van der Waals surface area contributed by atoms with Crippen molar-refractivity contribution in [2.45, 2.75) is 39.8 Å². The quantitative estimate of drug-likeness (QED) is 0.254. The average molecular weight is 516 g/mol. The fraction of sp³-hybridized carbons (Fsp3) is 0.250. The van der Waals surface area contributed by atoms with Gasteiger partial charge in [-0.05, 0) is 86.5 Å². The third-order valence-corrected chi connectivity index (χ3v) is 8.29. The van der Waals surface area contributed by atoms with Gasteiger partial charge in [0.25, 0.3) is 0 Å². The number of rotatable bonds is 6. The fourth-order valence-electron chi connectivity index (χ4n) is 4.67. The zero-order valence-corrected chi connectivity index (χ0v) is 23.0. The number of carbonyl (C=O) groups is 1. The van der Waals surface area contributed by atoms with E-state index in [1.165, 1.54) is 33.1 Å². The average Bonchev–Trinajstić information content (AvgIpc) is 3.51. The highest BCUT2D eigenvalue weighted by atomic mass is 32.2. The van der Waals surface area contributed by atoms with Gasteiger partial charge in [-0.25, -0.2) is 0 Å². The van der Waals surface area contributed by atoms with Gasteiger partial charge in [-0.2, -0.15) is 0 Å². The summed E-state index contributed by atoms with van der Waals surface area (Å²) in [5.41, 5.74) is 9.88. The Bertz CT molecular complexity index is 1580. The van der Waals surface area contributed by atoms with Crippen molar-refractivity contribution in [1.29, 1.82) is 0 Å². The lowest BCUT2D eigenvalue weighted by atomic mass is 10.0. The van der Waals surface area contributed by atoms with Crippen LogP contribution in [0.4, 0.5) is 5.69 Å². The molecule has 0 aliphatic heterocycles. The minimum Gasteiger partial charge on any atom is -0.340 e. The van der Waals surface area contributed by atoms with Crippen molar-refractivity contribution in [2.24, 2.45) is 7.05 Å². The first-order valence-corrected chi connectivity index (χ1v) is 13.7. The van der Waals surface area contributed by atoms with Crippen LogP contribution in [0.15, 0.2) is 53.0 Å².